The molecular weight excluding hydrogens is 208 g/mol. The molecule has 1 aliphatic heterocycles. The van der Waals surface area contributed by atoms with Crippen molar-refractivity contribution in [1.29, 1.82) is 0 Å². The van der Waals surface area contributed by atoms with Gasteiger partial charge in [-0.2, -0.15) is 11.8 Å². The van der Waals surface area contributed by atoms with E-state index in [2.05, 4.69) is 13.8 Å². The maximum atomic E-state index is 12.1. The monoisotopic (exact) mass is 230 g/mol. The number of hydrogen-bond acceptors (Lipinski definition) is 2. The highest BCUT2D eigenvalue weighted by atomic mass is 32.2. The molecule has 1 fully saturated rings. The van der Waals surface area contributed by atoms with Crippen molar-refractivity contribution < 1.29 is 4.79 Å². The summed E-state index contributed by atoms with van der Waals surface area (Å²) in [5, 5.41) is 0. The van der Waals surface area contributed by atoms with Crippen LogP contribution in [0.25, 0.3) is 0 Å². The van der Waals surface area contributed by atoms with Gasteiger partial charge in [-0.1, -0.05) is 0 Å². The van der Waals surface area contributed by atoms with Crippen LogP contribution in [0.4, 0.5) is 4.79 Å². The van der Waals surface area contributed by atoms with Crippen molar-refractivity contribution in [2.45, 2.75) is 32.4 Å². The molecule has 1 saturated heterocycles. The first kappa shape index (κ1) is 12.7. The highest BCUT2D eigenvalue weighted by Gasteiger charge is 2.31. The van der Waals surface area contributed by atoms with Crippen molar-refractivity contribution in [3.8, 4) is 0 Å². The van der Waals surface area contributed by atoms with Gasteiger partial charge in [0.2, 0.25) is 0 Å². The lowest BCUT2D eigenvalue weighted by Crippen LogP contribution is -2.51. The van der Waals surface area contributed by atoms with E-state index in [0.29, 0.717) is 0 Å². The second kappa shape index (κ2) is 5.10. The molecule has 0 bridgehead atoms. The van der Waals surface area contributed by atoms with E-state index in [0.717, 1.165) is 31.9 Å². The van der Waals surface area contributed by atoms with Gasteiger partial charge in [-0.15, -0.1) is 0 Å². The Morgan fingerprint density at radius 2 is 2.00 bits per heavy atom. The van der Waals surface area contributed by atoms with E-state index in [1.807, 2.05) is 35.4 Å². The maximum Gasteiger partial charge on any atom is 0.320 e. The van der Waals surface area contributed by atoms with E-state index >= 15 is 0 Å². The Balaban J connectivity index is 2.59. The third-order valence-corrected chi connectivity index (χ3v) is 4.03. The molecular formula is C11H22N2OS. The van der Waals surface area contributed by atoms with E-state index in [-0.39, 0.29) is 10.8 Å². The fourth-order valence-corrected chi connectivity index (χ4v) is 2.99. The van der Waals surface area contributed by atoms with Crippen molar-refractivity contribution in [3.63, 3.8) is 0 Å². The van der Waals surface area contributed by atoms with E-state index in [1.54, 1.807) is 0 Å². The van der Waals surface area contributed by atoms with E-state index < -0.39 is 0 Å². The molecule has 2 amide bonds. The van der Waals surface area contributed by atoms with Gasteiger partial charge in [0.1, 0.15) is 0 Å². The molecule has 15 heavy (non-hydrogen) atoms. The van der Waals surface area contributed by atoms with E-state index in [4.69, 9.17) is 0 Å². The summed E-state index contributed by atoms with van der Waals surface area (Å²) < 4.78 is 0.209. The number of carbonyl (C=O) groups is 1. The van der Waals surface area contributed by atoms with Crippen molar-refractivity contribution in [2.75, 3.05) is 31.9 Å². The van der Waals surface area contributed by atoms with Gasteiger partial charge in [0, 0.05) is 36.7 Å². The first-order chi connectivity index (χ1) is 7.00. The minimum Gasteiger partial charge on any atom is -0.325 e. The molecule has 1 rings (SSSR count). The molecule has 0 N–H and O–H groups in total. The molecule has 0 aromatic carbocycles. The first-order valence-corrected chi connectivity index (χ1v) is 6.66. The Hall–Kier alpha value is -0.380. The molecule has 0 atom stereocenters. The fourth-order valence-electron chi connectivity index (χ4n) is 1.87. The van der Waals surface area contributed by atoms with Crippen molar-refractivity contribution in [2.24, 2.45) is 0 Å². The lowest BCUT2D eigenvalue weighted by Gasteiger charge is -2.39. The lowest BCUT2D eigenvalue weighted by molar-refractivity contribution is 0.155. The average Bonchev–Trinajstić information content (AvgIpc) is 2.18. The van der Waals surface area contributed by atoms with Gasteiger partial charge in [0.25, 0.3) is 0 Å². The van der Waals surface area contributed by atoms with Crippen LogP contribution in [0, 0.1) is 0 Å². The quantitative estimate of drug-likeness (QED) is 0.726. The highest BCUT2D eigenvalue weighted by molar-refractivity contribution is 8.00. The third-order valence-electron chi connectivity index (χ3n) is 2.73. The summed E-state index contributed by atoms with van der Waals surface area (Å²) in [6.07, 6.45) is 0. The van der Waals surface area contributed by atoms with Crippen LogP contribution in [-0.2, 0) is 0 Å². The lowest BCUT2D eigenvalue weighted by atomic mass is 10.2. The number of carbonyl (C=O) groups excluding carboxylic acids is 1. The van der Waals surface area contributed by atoms with Crippen molar-refractivity contribution in [3.05, 3.63) is 0 Å². The molecule has 4 heteroatoms. The highest BCUT2D eigenvalue weighted by Crippen LogP contribution is 2.29. The number of urea groups is 1. The van der Waals surface area contributed by atoms with Crippen LogP contribution in [0.1, 0.15) is 27.7 Å². The zero-order chi connectivity index (χ0) is 11.5. The number of nitrogens with zero attached hydrogens (tertiary/aromatic N) is 2. The van der Waals surface area contributed by atoms with Gasteiger partial charge in [0.15, 0.2) is 0 Å². The van der Waals surface area contributed by atoms with Gasteiger partial charge in [-0.3, -0.25) is 0 Å². The minimum atomic E-state index is 0.202. The van der Waals surface area contributed by atoms with Gasteiger partial charge in [0.05, 0.1) is 0 Å². The van der Waals surface area contributed by atoms with Crippen LogP contribution in [0.2, 0.25) is 0 Å². The molecule has 0 unspecified atom stereocenters. The number of rotatable bonds is 2. The Labute approximate surface area is 97.2 Å². The van der Waals surface area contributed by atoms with Crippen LogP contribution >= 0.6 is 11.8 Å². The Morgan fingerprint density at radius 1 is 1.40 bits per heavy atom. The number of hydrogen-bond donors (Lipinski definition) is 0. The normalized spacial score (nSPS) is 20.1. The van der Waals surface area contributed by atoms with Gasteiger partial charge in [-0.25, -0.2) is 4.79 Å². The summed E-state index contributed by atoms with van der Waals surface area (Å²) in [5.74, 6) is 1.06. The predicted octanol–water partition coefficient (Wildman–Crippen LogP) is 2.28. The molecule has 0 spiro atoms. The van der Waals surface area contributed by atoms with Crippen molar-refractivity contribution >= 4 is 17.8 Å². The molecule has 3 nitrogen and oxygen atoms in total. The summed E-state index contributed by atoms with van der Waals surface area (Å²) in [4.78, 5) is 16.0. The van der Waals surface area contributed by atoms with Crippen LogP contribution in [0.3, 0.4) is 0 Å². The molecule has 1 aliphatic rings. The summed E-state index contributed by atoms with van der Waals surface area (Å²) in [5.41, 5.74) is 0. The second-order valence-corrected chi connectivity index (χ2v) is 6.29. The number of thioether (sulfide) groups is 1. The SMILES string of the molecule is CCN(CC)C(=O)N1CCSC(C)(C)C1. The van der Waals surface area contributed by atoms with Gasteiger partial charge >= 0.3 is 6.03 Å². The molecule has 0 aliphatic carbocycles. The standard InChI is InChI=1S/C11H22N2OS/c1-5-12(6-2)10(14)13-7-8-15-11(3,4)9-13/h5-9H2,1-4H3. The average molecular weight is 230 g/mol. The van der Waals surface area contributed by atoms with E-state index in [1.165, 1.54) is 0 Å². The van der Waals surface area contributed by atoms with Crippen LogP contribution in [-0.4, -0.2) is 52.5 Å². The van der Waals surface area contributed by atoms with Crippen LogP contribution in [0.5, 0.6) is 0 Å². The fraction of sp³-hybridized carbons (Fsp3) is 0.909. The zero-order valence-corrected chi connectivity index (χ0v) is 11.1. The second-order valence-electron chi connectivity index (χ2n) is 4.48. The number of amides is 2. The van der Waals surface area contributed by atoms with E-state index in [9.17, 15) is 4.79 Å². The van der Waals surface area contributed by atoms with Crippen LogP contribution < -0.4 is 0 Å². The third kappa shape index (κ3) is 3.30. The summed E-state index contributed by atoms with van der Waals surface area (Å²) >= 11 is 1.96. The zero-order valence-electron chi connectivity index (χ0n) is 10.2. The predicted molar refractivity (Wildman–Crippen MR) is 66.4 cm³/mol. The summed E-state index contributed by atoms with van der Waals surface area (Å²) in [7, 11) is 0. The molecule has 0 aromatic heterocycles. The Morgan fingerprint density at radius 3 is 2.47 bits per heavy atom. The molecule has 1 heterocycles. The van der Waals surface area contributed by atoms with Crippen molar-refractivity contribution in [1.82, 2.24) is 9.80 Å². The summed E-state index contributed by atoms with van der Waals surface area (Å²) in [6.45, 7) is 11.9. The molecule has 88 valence electrons. The smallest absolute Gasteiger partial charge is 0.320 e. The van der Waals surface area contributed by atoms with Crippen LogP contribution in [0.15, 0.2) is 0 Å². The topological polar surface area (TPSA) is 23.6 Å². The molecule has 0 radical (unpaired) electrons. The first-order valence-electron chi connectivity index (χ1n) is 5.68. The molecule has 0 saturated carbocycles. The Kier molecular flexibility index (Phi) is 4.32. The molecule has 0 aromatic rings. The maximum absolute atomic E-state index is 12.1. The Bertz CT molecular complexity index is 227. The van der Waals surface area contributed by atoms with Gasteiger partial charge < -0.3 is 9.80 Å². The summed E-state index contributed by atoms with van der Waals surface area (Å²) in [6, 6.07) is 0.202. The largest absolute Gasteiger partial charge is 0.325 e. The van der Waals surface area contributed by atoms with Gasteiger partial charge in [-0.05, 0) is 27.7 Å². The minimum absolute atomic E-state index is 0.202.